The predicted octanol–water partition coefficient (Wildman–Crippen LogP) is 6.16. The average molecular weight is 467 g/mol. The summed E-state index contributed by atoms with van der Waals surface area (Å²) in [6.07, 6.45) is 10.4. The topological polar surface area (TPSA) is 74.6 Å². The van der Waals surface area contributed by atoms with E-state index in [2.05, 4.69) is 19.9 Å². The van der Waals surface area contributed by atoms with E-state index in [9.17, 15) is 19.5 Å². The summed E-state index contributed by atoms with van der Waals surface area (Å²) in [4.78, 5) is 23.5. The van der Waals surface area contributed by atoms with E-state index in [4.69, 9.17) is 0 Å². The summed E-state index contributed by atoms with van der Waals surface area (Å²) >= 11 is 0. The van der Waals surface area contributed by atoms with Gasteiger partial charge in [0, 0.05) is 5.31 Å². The number of rotatable bonds is 4. The van der Waals surface area contributed by atoms with E-state index in [1.54, 1.807) is 0 Å². The highest BCUT2D eigenvalue weighted by molar-refractivity contribution is 7.43. The molecule has 0 bridgehead atoms. The van der Waals surface area contributed by atoms with Crippen molar-refractivity contribution in [1.82, 2.24) is 0 Å². The number of carbonyl (C=O) groups excluding carboxylic acids is 1. The van der Waals surface area contributed by atoms with Crippen molar-refractivity contribution in [2.75, 3.05) is 0 Å². The first-order chi connectivity index (χ1) is 14.9. The van der Waals surface area contributed by atoms with Crippen molar-refractivity contribution in [2.24, 2.45) is 40.4 Å². The van der Waals surface area contributed by atoms with Crippen LogP contribution in [0, 0.1) is 40.4 Å². The largest absolute Gasteiger partial charge is 0.349 e. The maximum atomic E-state index is 13.8. The molecule has 4 rings (SSSR count). The van der Waals surface area contributed by atoms with Crippen LogP contribution in [0.25, 0.3) is 0 Å². The quantitative estimate of drug-likeness (QED) is 0.225. The zero-order valence-electron chi connectivity index (χ0n) is 20.9. The molecule has 0 saturated heterocycles. The van der Waals surface area contributed by atoms with Crippen LogP contribution in [0.1, 0.15) is 92.9 Å². The third-order valence-corrected chi connectivity index (χ3v) is 11.7. The van der Waals surface area contributed by atoms with Gasteiger partial charge in [0.2, 0.25) is 8.03 Å². The minimum absolute atomic E-state index is 0.0244. The smallest absolute Gasteiger partial charge is 0.343 e. The summed E-state index contributed by atoms with van der Waals surface area (Å²) in [5.74, 6) is 2.20. The lowest BCUT2D eigenvalue weighted by atomic mass is 9.45. The summed E-state index contributed by atoms with van der Waals surface area (Å²) in [7, 11) is -2.56. The van der Waals surface area contributed by atoms with Gasteiger partial charge in [0.25, 0.3) is 0 Å². The van der Waals surface area contributed by atoms with Crippen molar-refractivity contribution >= 4 is 13.9 Å². The molecule has 4 aliphatic carbocycles. The van der Waals surface area contributed by atoms with Crippen molar-refractivity contribution in [3.63, 3.8) is 0 Å². The van der Waals surface area contributed by atoms with E-state index in [0.29, 0.717) is 23.7 Å². The van der Waals surface area contributed by atoms with Crippen molar-refractivity contribution in [1.29, 1.82) is 0 Å². The summed E-state index contributed by atoms with van der Waals surface area (Å²) in [5, 5.41) is 12.2. The molecule has 5 nitrogen and oxygen atoms in total. The predicted molar refractivity (Wildman–Crippen MR) is 127 cm³/mol. The van der Waals surface area contributed by atoms with Gasteiger partial charge in [-0.1, -0.05) is 19.9 Å². The van der Waals surface area contributed by atoms with Crippen LogP contribution in [0.4, 0.5) is 0 Å². The molecule has 182 valence electrons. The van der Waals surface area contributed by atoms with Gasteiger partial charge in [-0.15, -0.1) is 4.65 Å². The summed E-state index contributed by atoms with van der Waals surface area (Å²) in [6.45, 7) is 12.6. The van der Waals surface area contributed by atoms with Gasteiger partial charge >= 0.3 is 5.91 Å². The number of hydrogen-bond acceptors (Lipinski definition) is 3. The standard InChI is InChI=1S/C26H44NO4P/c1-16(2)27(29,17(3)4)24(28)23-10-9-21-20-8-7-18-15-19(32(30)31)11-13-25(18,5)22(20)12-14-26(21,23)6/h15-18,20-23,29,32H,7-14H2,1-6H3/p+1/t18-,20-,21-,22-,23+,25-,26-/m0/s1. The molecule has 0 aromatic heterocycles. The molecule has 1 unspecified atom stereocenters. The van der Waals surface area contributed by atoms with Crippen molar-refractivity contribution < 1.29 is 24.1 Å². The van der Waals surface area contributed by atoms with Gasteiger partial charge in [-0.3, -0.25) is 4.57 Å². The number of nitrogens with zero attached hydrogens (tertiary/aromatic N) is 1. The highest BCUT2D eigenvalue weighted by Gasteiger charge is 2.64. The summed E-state index contributed by atoms with van der Waals surface area (Å²) < 4.78 is 11.3. The Morgan fingerprint density at radius 2 is 1.62 bits per heavy atom. The fraction of sp³-hybridized carbons (Fsp3) is 0.885. The van der Waals surface area contributed by atoms with Crippen LogP contribution in [-0.4, -0.2) is 32.7 Å². The second kappa shape index (κ2) is 8.33. The monoisotopic (exact) mass is 466 g/mol. The minimum atomic E-state index is -2.56. The highest BCUT2D eigenvalue weighted by Crippen LogP contribution is 2.68. The Kier molecular flexibility index (Phi) is 6.41. The maximum absolute atomic E-state index is 13.8. The number of fused-ring (bicyclic) bond motifs is 5. The first-order valence-corrected chi connectivity index (χ1v) is 14.3. The molecule has 0 aromatic rings. The van der Waals surface area contributed by atoms with Gasteiger partial charge in [0.1, 0.15) is 12.1 Å². The lowest BCUT2D eigenvalue weighted by molar-refractivity contribution is -1.07. The molecule has 32 heavy (non-hydrogen) atoms. The third kappa shape index (κ3) is 3.44. The lowest BCUT2D eigenvalue weighted by Crippen LogP contribution is -2.63. The Balaban J connectivity index is 1.60. The van der Waals surface area contributed by atoms with E-state index in [-0.39, 0.29) is 34.7 Å². The molecule has 3 fully saturated rings. The molecule has 1 amide bonds. The van der Waals surface area contributed by atoms with Crippen LogP contribution in [0.5, 0.6) is 0 Å². The van der Waals surface area contributed by atoms with Gasteiger partial charge in [0.05, 0.1) is 5.92 Å². The normalized spacial score (nSPS) is 42.8. The van der Waals surface area contributed by atoms with Crippen LogP contribution in [0.2, 0.25) is 0 Å². The third-order valence-electron chi connectivity index (χ3n) is 10.8. The number of carbonyl (C=O) groups is 1. The van der Waals surface area contributed by atoms with E-state index >= 15 is 0 Å². The fourth-order valence-corrected chi connectivity index (χ4v) is 9.48. The first-order valence-electron chi connectivity index (χ1n) is 13.0. The van der Waals surface area contributed by atoms with E-state index < -0.39 is 12.7 Å². The number of hydrogen-bond donors (Lipinski definition) is 2. The molecule has 0 heterocycles. The van der Waals surface area contributed by atoms with Crippen LogP contribution in [0.3, 0.4) is 0 Å². The number of hydroxylamine groups is 3. The van der Waals surface area contributed by atoms with E-state index in [1.165, 1.54) is 0 Å². The molecular weight excluding hydrogens is 421 g/mol. The van der Waals surface area contributed by atoms with Crippen LogP contribution >= 0.6 is 8.03 Å². The molecule has 0 aliphatic heterocycles. The average Bonchev–Trinajstić information content (AvgIpc) is 3.08. The number of allylic oxidation sites excluding steroid dienone is 2. The van der Waals surface area contributed by atoms with Gasteiger partial charge in [-0.05, 0) is 114 Å². The Bertz CT molecular complexity index is 815. The Labute approximate surface area is 195 Å². The van der Waals surface area contributed by atoms with E-state index in [0.717, 1.165) is 56.7 Å². The summed E-state index contributed by atoms with van der Waals surface area (Å²) in [5.41, 5.74) is 0.184. The molecular formula is C26H45NO4P+. The maximum Gasteiger partial charge on any atom is 0.349 e. The molecule has 0 spiro atoms. The Hall–Kier alpha value is -0.480. The van der Waals surface area contributed by atoms with Crippen LogP contribution in [0.15, 0.2) is 11.4 Å². The zero-order chi connectivity index (χ0) is 23.6. The number of quaternary nitrogens is 1. The zero-order valence-corrected chi connectivity index (χ0v) is 21.9. The Morgan fingerprint density at radius 1 is 1.00 bits per heavy atom. The van der Waals surface area contributed by atoms with Gasteiger partial charge < -0.3 is 4.89 Å². The highest BCUT2D eigenvalue weighted by atomic mass is 31.1. The van der Waals surface area contributed by atoms with Gasteiger partial charge in [-0.25, -0.2) is 10.0 Å². The fourth-order valence-electron chi connectivity index (χ4n) is 8.80. The van der Waals surface area contributed by atoms with E-state index in [1.807, 2.05) is 27.7 Å². The van der Waals surface area contributed by atoms with Gasteiger partial charge in [-0.2, -0.15) is 0 Å². The molecule has 0 aromatic carbocycles. The minimum Gasteiger partial charge on any atom is -0.343 e. The van der Waals surface area contributed by atoms with Crippen molar-refractivity contribution in [3.8, 4) is 0 Å². The molecule has 4 aliphatic rings. The molecule has 2 N–H and O–H groups in total. The van der Waals surface area contributed by atoms with Gasteiger partial charge in [0.15, 0.2) is 0 Å². The van der Waals surface area contributed by atoms with Crippen molar-refractivity contribution in [2.45, 2.75) is 105 Å². The van der Waals surface area contributed by atoms with Crippen molar-refractivity contribution in [3.05, 3.63) is 11.4 Å². The van der Waals surface area contributed by atoms with Crippen LogP contribution < -0.4 is 0 Å². The molecule has 3 saturated carbocycles. The first kappa shape index (κ1) is 24.6. The second-order valence-electron chi connectivity index (χ2n) is 12.5. The molecule has 6 heteroatoms. The van der Waals surface area contributed by atoms with Crippen LogP contribution in [-0.2, 0) is 9.36 Å². The molecule has 8 atom stereocenters. The Morgan fingerprint density at radius 3 is 2.22 bits per heavy atom. The second-order valence-corrected chi connectivity index (χ2v) is 13.8. The number of amides is 1. The molecule has 0 radical (unpaired) electrons. The lowest BCUT2D eigenvalue weighted by Gasteiger charge is -2.59. The summed E-state index contributed by atoms with van der Waals surface area (Å²) in [6, 6.07) is -0.281. The SMILES string of the molecule is CC(C)[N+](O)(C(=O)[C@H]1CC[C@H]2[C@@H]3CC[C@H]4C=C([PH](=O)O)CC[C@]4(C)[C@H]3CC[C@]12C)C(C)C.